The van der Waals surface area contributed by atoms with Crippen LogP contribution in [-0.4, -0.2) is 50.3 Å². The predicted octanol–water partition coefficient (Wildman–Crippen LogP) is 5.83. The first-order valence-electron chi connectivity index (χ1n) is 14.3. The molecule has 0 aliphatic heterocycles. The van der Waals surface area contributed by atoms with E-state index < -0.39 is 28.5 Å². The van der Waals surface area contributed by atoms with Crippen molar-refractivity contribution in [1.29, 1.82) is 0 Å². The Bertz CT molecular complexity index is 1400. The van der Waals surface area contributed by atoms with Crippen LogP contribution in [0.5, 0.6) is 0 Å². The molecule has 0 heterocycles. The van der Waals surface area contributed by atoms with Gasteiger partial charge in [0.25, 0.3) is 10.0 Å². The number of halogens is 1. The van der Waals surface area contributed by atoms with E-state index >= 15 is 0 Å². The van der Waals surface area contributed by atoms with Crippen molar-refractivity contribution in [3.05, 3.63) is 95.5 Å². The lowest BCUT2D eigenvalue weighted by atomic mass is 9.95. The van der Waals surface area contributed by atoms with Gasteiger partial charge in [0.2, 0.25) is 11.8 Å². The van der Waals surface area contributed by atoms with Crippen LogP contribution in [0.1, 0.15) is 51.0 Å². The number of anilines is 1. The molecule has 0 saturated heterocycles. The highest BCUT2D eigenvalue weighted by Gasteiger charge is 2.34. The van der Waals surface area contributed by atoms with Crippen LogP contribution >= 0.6 is 11.6 Å². The molecule has 3 aromatic rings. The molecule has 1 aliphatic rings. The molecule has 1 atom stereocenters. The molecule has 4 rings (SSSR count). The molecular weight excluding hydrogens is 558 g/mol. The average molecular weight is 596 g/mol. The lowest BCUT2D eigenvalue weighted by molar-refractivity contribution is -0.140. The normalized spacial score (nSPS) is 14.7. The largest absolute Gasteiger partial charge is 0.352 e. The van der Waals surface area contributed by atoms with Crippen molar-refractivity contribution in [2.75, 3.05) is 17.4 Å². The number of carbonyl (C=O) groups is 2. The SMILES string of the molecule is CC[C@H](C(=O)NC1CCCCC1)N(CCc1ccccc1)C(=O)CN(c1ccccc1Cl)S(=O)(=O)c1ccccc1. The summed E-state index contributed by atoms with van der Waals surface area (Å²) in [5.74, 6) is -0.665. The van der Waals surface area contributed by atoms with Crippen molar-refractivity contribution in [2.45, 2.75) is 68.8 Å². The van der Waals surface area contributed by atoms with Crippen LogP contribution < -0.4 is 9.62 Å². The topological polar surface area (TPSA) is 86.8 Å². The van der Waals surface area contributed by atoms with Gasteiger partial charge in [-0.05, 0) is 55.5 Å². The standard InChI is InChI=1S/C32H38ClN3O4S/c1-2-29(32(38)34-26-16-8-4-9-17-26)35(23-22-25-14-6-3-7-15-25)31(37)24-36(30-21-13-12-20-28(30)33)41(39,40)27-18-10-5-11-19-27/h3,5-7,10-15,18-21,26,29H,2,4,8-9,16-17,22-24H2,1H3,(H,34,38)/t29-/m1/s1. The van der Waals surface area contributed by atoms with Gasteiger partial charge in [-0.1, -0.05) is 98.5 Å². The number of carbonyl (C=O) groups excluding carboxylic acids is 2. The van der Waals surface area contributed by atoms with Crippen LogP contribution in [0.2, 0.25) is 5.02 Å². The Morgan fingerprint density at radius 3 is 2.15 bits per heavy atom. The highest BCUT2D eigenvalue weighted by Crippen LogP contribution is 2.30. The molecule has 1 saturated carbocycles. The predicted molar refractivity (Wildman–Crippen MR) is 163 cm³/mol. The van der Waals surface area contributed by atoms with Gasteiger partial charge in [-0.25, -0.2) is 8.42 Å². The third-order valence-corrected chi connectivity index (χ3v) is 9.65. The Morgan fingerprint density at radius 2 is 1.51 bits per heavy atom. The van der Waals surface area contributed by atoms with Gasteiger partial charge in [0.15, 0.2) is 0 Å². The molecule has 3 aromatic carbocycles. The fraction of sp³-hybridized carbons (Fsp3) is 0.375. The summed E-state index contributed by atoms with van der Waals surface area (Å²) in [6, 6.07) is 23.6. The van der Waals surface area contributed by atoms with E-state index in [0.29, 0.717) is 12.8 Å². The zero-order chi connectivity index (χ0) is 29.2. The second kappa shape index (κ2) is 14.5. The number of para-hydroxylation sites is 1. The maximum absolute atomic E-state index is 14.1. The van der Waals surface area contributed by atoms with Gasteiger partial charge in [-0.15, -0.1) is 0 Å². The highest BCUT2D eigenvalue weighted by atomic mass is 35.5. The fourth-order valence-corrected chi connectivity index (χ4v) is 7.07. The molecule has 1 N–H and O–H groups in total. The van der Waals surface area contributed by atoms with Gasteiger partial charge in [-0.3, -0.25) is 13.9 Å². The smallest absolute Gasteiger partial charge is 0.264 e. The van der Waals surface area contributed by atoms with Crippen molar-refractivity contribution in [2.24, 2.45) is 0 Å². The van der Waals surface area contributed by atoms with E-state index in [0.717, 1.165) is 35.6 Å². The Balaban J connectivity index is 1.66. The molecule has 0 bridgehead atoms. The van der Waals surface area contributed by atoms with Gasteiger partial charge < -0.3 is 10.2 Å². The number of sulfonamides is 1. The van der Waals surface area contributed by atoms with Crippen molar-refractivity contribution < 1.29 is 18.0 Å². The summed E-state index contributed by atoms with van der Waals surface area (Å²) in [4.78, 5) is 29.3. The summed E-state index contributed by atoms with van der Waals surface area (Å²) in [5, 5.41) is 3.37. The summed E-state index contributed by atoms with van der Waals surface area (Å²) in [6.45, 7) is 1.64. The minimum atomic E-state index is -4.15. The van der Waals surface area contributed by atoms with E-state index in [1.807, 2.05) is 37.3 Å². The van der Waals surface area contributed by atoms with Gasteiger partial charge >= 0.3 is 0 Å². The van der Waals surface area contributed by atoms with Gasteiger partial charge in [0.05, 0.1) is 15.6 Å². The van der Waals surface area contributed by atoms with Crippen molar-refractivity contribution >= 4 is 39.1 Å². The molecule has 1 fully saturated rings. The average Bonchev–Trinajstić information content (AvgIpc) is 2.99. The maximum atomic E-state index is 14.1. The summed E-state index contributed by atoms with van der Waals surface area (Å²) in [7, 11) is -4.15. The lowest BCUT2D eigenvalue weighted by Gasteiger charge is -2.34. The lowest BCUT2D eigenvalue weighted by Crippen LogP contribution is -2.54. The monoisotopic (exact) mass is 595 g/mol. The van der Waals surface area contributed by atoms with E-state index in [1.54, 1.807) is 42.5 Å². The summed E-state index contributed by atoms with van der Waals surface area (Å²) in [6.07, 6.45) is 6.09. The molecule has 0 aromatic heterocycles. The van der Waals surface area contributed by atoms with Gasteiger partial charge in [-0.2, -0.15) is 0 Å². The summed E-state index contributed by atoms with van der Waals surface area (Å²) < 4.78 is 28.8. The molecule has 41 heavy (non-hydrogen) atoms. The van der Waals surface area contributed by atoms with Gasteiger partial charge in [0, 0.05) is 12.6 Å². The minimum Gasteiger partial charge on any atom is -0.352 e. The third kappa shape index (κ3) is 7.89. The Labute approximate surface area is 248 Å². The Hall–Kier alpha value is -3.36. The quantitative estimate of drug-likeness (QED) is 0.285. The van der Waals surface area contributed by atoms with Crippen LogP contribution in [0, 0.1) is 0 Å². The highest BCUT2D eigenvalue weighted by molar-refractivity contribution is 7.92. The number of hydrogen-bond acceptors (Lipinski definition) is 4. The zero-order valence-electron chi connectivity index (χ0n) is 23.4. The molecule has 0 unspecified atom stereocenters. The number of rotatable bonds is 12. The molecule has 0 radical (unpaired) electrons. The summed E-state index contributed by atoms with van der Waals surface area (Å²) in [5.41, 5.74) is 1.22. The molecule has 9 heteroatoms. The van der Waals surface area contributed by atoms with Crippen molar-refractivity contribution in [3.8, 4) is 0 Å². The number of nitrogens with zero attached hydrogens (tertiary/aromatic N) is 2. The van der Waals surface area contributed by atoms with Gasteiger partial charge in [0.1, 0.15) is 12.6 Å². The molecular formula is C32H38ClN3O4S. The number of nitrogens with one attached hydrogen (secondary N) is 1. The first kappa shape index (κ1) is 30.6. The van der Waals surface area contributed by atoms with Crippen LogP contribution in [0.4, 0.5) is 5.69 Å². The zero-order valence-corrected chi connectivity index (χ0v) is 25.0. The van der Waals surface area contributed by atoms with Crippen LogP contribution in [-0.2, 0) is 26.0 Å². The first-order chi connectivity index (χ1) is 19.8. The minimum absolute atomic E-state index is 0.0469. The summed E-state index contributed by atoms with van der Waals surface area (Å²) >= 11 is 6.47. The Morgan fingerprint density at radius 1 is 0.902 bits per heavy atom. The Kier molecular flexibility index (Phi) is 10.8. The van der Waals surface area contributed by atoms with Crippen LogP contribution in [0.15, 0.2) is 89.8 Å². The second-order valence-electron chi connectivity index (χ2n) is 10.4. The van der Waals surface area contributed by atoms with E-state index in [4.69, 9.17) is 11.6 Å². The first-order valence-corrected chi connectivity index (χ1v) is 16.1. The van der Waals surface area contributed by atoms with E-state index in [1.165, 1.54) is 23.5 Å². The molecule has 0 spiro atoms. The van der Waals surface area contributed by atoms with E-state index in [2.05, 4.69) is 5.32 Å². The van der Waals surface area contributed by atoms with Crippen LogP contribution in [0.3, 0.4) is 0 Å². The number of hydrogen-bond donors (Lipinski definition) is 1. The second-order valence-corrected chi connectivity index (χ2v) is 12.6. The molecule has 218 valence electrons. The number of amides is 2. The maximum Gasteiger partial charge on any atom is 0.264 e. The molecule has 2 amide bonds. The van der Waals surface area contributed by atoms with Crippen LogP contribution in [0.25, 0.3) is 0 Å². The van der Waals surface area contributed by atoms with E-state index in [9.17, 15) is 18.0 Å². The van der Waals surface area contributed by atoms with Crippen molar-refractivity contribution in [1.82, 2.24) is 10.2 Å². The molecule has 1 aliphatic carbocycles. The fourth-order valence-electron chi connectivity index (χ4n) is 5.33. The third-order valence-electron chi connectivity index (χ3n) is 7.55. The van der Waals surface area contributed by atoms with Crippen molar-refractivity contribution in [3.63, 3.8) is 0 Å². The van der Waals surface area contributed by atoms with E-state index in [-0.39, 0.29) is 34.1 Å². The number of benzene rings is 3. The molecule has 7 nitrogen and oxygen atoms in total.